The average Bonchev–Trinajstić information content (AvgIpc) is 2.15. The van der Waals surface area contributed by atoms with Crippen molar-refractivity contribution in [3.8, 4) is 5.88 Å². The molecule has 1 atom stereocenters. The molecule has 1 aromatic rings. The molecule has 2 N–H and O–H groups in total. The highest BCUT2D eigenvalue weighted by atomic mass is 16.5. The predicted octanol–water partition coefficient (Wildman–Crippen LogP) is 1.89. The van der Waals surface area contributed by atoms with Crippen LogP contribution in [0.5, 0.6) is 5.88 Å². The summed E-state index contributed by atoms with van der Waals surface area (Å²) in [6.45, 7) is 0. The summed E-state index contributed by atoms with van der Waals surface area (Å²) < 4.78 is 5.00. The highest BCUT2D eigenvalue weighted by Gasteiger charge is 2.25. The molecule has 1 aliphatic carbocycles. The molecule has 0 amide bonds. The number of hydrogen-bond donors (Lipinski definition) is 1. The summed E-state index contributed by atoms with van der Waals surface area (Å²) in [5.74, 6) is 1.31. The van der Waals surface area contributed by atoms with E-state index in [2.05, 4.69) is 4.98 Å². The van der Waals surface area contributed by atoms with Crippen LogP contribution in [-0.2, 0) is 0 Å². The normalized spacial score (nSPS) is 18.7. The molecule has 0 radical (unpaired) electrons. The van der Waals surface area contributed by atoms with Gasteiger partial charge in [-0.05, 0) is 24.3 Å². The molecule has 0 bridgehead atoms. The van der Waals surface area contributed by atoms with Crippen LogP contribution in [0.2, 0.25) is 0 Å². The minimum Gasteiger partial charge on any atom is -0.481 e. The Hall–Kier alpha value is -1.09. The summed E-state index contributed by atoms with van der Waals surface area (Å²) in [6, 6.07) is 4.03. The summed E-state index contributed by atoms with van der Waals surface area (Å²) in [6.07, 6.45) is 5.66. The maximum atomic E-state index is 6.11. The fraction of sp³-hybridized carbons (Fsp3) is 0.545. The molecule has 1 aromatic heterocycles. The smallest absolute Gasteiger partial charge is 0.212 e. The molecule has 2 rings (SSSR count). The number of nitrogens with two attached hydrogens (primary N) is 1. The first-order valence-electron chi connectivity index (χ1n) is 5.07. The van der Waals surface area contributed by atoms with E-state index in [1.54, 1.807) is 7.11 Å². The lowest BCUT2D eigenvalue weighted by Crippen LogP contribution is -2.26. The second-order valence-corrected chi connectivity index (χ2v) is 3.85. The molecule has 76 valence electrons. The van der Waals surface area contributed by atoms with E-state index < -0.39 is 0 Å². The number of hydrogen-bond acceptors (Lipinski definition) is 3. The minimum absolute atomic E-state index is 0.155. The van der Waals surface area contributed by atoms with Gasteiger partial charge in [0.25, 0.3) is 0 Å². The third-order valence-electron chi connectivity index (χ3n) is 3.01. The number of rotatable bonds is 3. The van der Waals surface area contributed by atoms with Crippen LogP contribution in [-0.4, -0.2) is 12.1 Å². The quantitative estimate of drug-likeness (QED) is 0.795. The fourth-order valence-electron chi connectivity index (χ4n) is 1.78. The second-order valence-electron chi connectivity index (χ2n) is 3.85. The standard InChI is InChI=1S/C11H16N2O/c1-14-10-6-5-9(7-13-10)11(12)8-3-2-4-8/h5-8,11H,2-4,12H2,1H3/t11-/m0/s1. The zero-order chi connectivity index (χ0) is 9.97. The van der Waals surface area contributed by atoms with Crippen molar-refractivity contribution in [2.24, 2.45) is 11.7 Å². The van der Waals surface area contributed by atoms with E-state index >= 15 is 0 Å². The molecule has 0 saturated heterocycles. The Balaban J connectivity index is 2.07. The SMILES string of the molecule is COc1ccc([C@@H](N)C2CCC2)cn1. The van der Waals surface area contributed by atoms with Gasteiger partial charge in [-0.25, -0.2) is 4.98 Å². The van der Waals surface area contributed by atoms with E-state index in [1.165, 1.54) is 19.3 Å². The Labute approximate surface area is 84.3 Å². The largest absolute Gasteiger partial charge is 0.481 e. The molecular weight excluding hydrogens is 176 g/mol. The van der Waals surface area contributed by atoms with Crippen LogP contribution in [0.3, 0.4) is 0 Å². The fourth-order valence-corrected chi connectivity index (χ4v) is 1.78. The maximum Gasteiger partial charge on any atom is 0.212 e. The van der Waals surface area contributed by atoms with E-state index in [0.29, 0.717) is 11.8 Å². The first-order chi connectivity index (χ1) is 6.81. The van der Waals surface area contributed by atoms with E-state index in [9.17, 15) is 0 Å². The van der Waals surface area contributed by atoms with Gasteiger partial charge >= 0.3 is 0 Å². The molecule has 1 aliphatic rings. The highest BCUT2D eigenvalue weighted by molar-refractivity contribution is 5.21. The van der Waals surface area contributed by atoms with Gasteiger partial charge < -0.3 is 10.5 Å². The highest BCUT2D eigenvalue weighted by Crippen LogP contribution is 2.35. The van der Waals surface area contributed by atoms with Crippen LogP contribution in [0.15, 0.2) is 18.3 Å². The molecule has 3 heteroatoms. The lowest BCUT2D eigenvalue weighted by atomic mass is 9.78. The van der Waals surface area contributed by atoms with Crippen molar-refractivity contribution in [2.45, 2.75) is 25.3 Å². The summed E-state index contributed by atoms with van der Waals surface area (Å²) in [7, 11) is 1.62. The van der Waals surface area contributed by atoms with Gasteiger partial charge in [0.15, 0.2) is 0 Å². The molecule has 1 saturated carbocycles. The first kappa shape index (κ1) is 9.46. The van der Waals surface area contributed by atoms with Crippen molar-refractivity contribution in [2.75, 3.05) is 7.11 Å². The van der Waals surface area contributed by atoms with Gasteiger partial charge in [0.1, 0.15) is 0 Å². The van der Waals surface area contributed by atoms with Gasteiger partial charge in [0, 0.05) is 18.3 Å². The van der Waals surface area contributed by atoms with Crippen molar-refractivity contribution >= 4 is 0 Å². The Bertz CT molecular complexity index is 293. The third kappa shape index (κ3) is 1.73. The van der Waals surface area contributed by atoms with Crippen molar-refractivity contribution < 1.29 is 4.74 Å². The van der Waals surface area contributed by atoms with Crippen molar-refractivity contribution in [1.82, 2.24) is 4.98 Å². The van der Waals surface area contributed by atoms with E-state index in [0.717, 1.165) is 5.56 Å². The van der Waals surface area contributed by atoms with Crippen molar-refractivity contribution in [3.05, 3.63) is 23.9 Å². The summed E-state index contributed by atoms with van der Waals surface area (Å²) in [5.41, 5.74) is 7.23. The lowest BCUT2D eigenvalue weighted by molar-refractivity contribution is 0.264. The molecule has 0 spiro atoms. The topological polar surface area (TPSA) is 48.1 Å². The monoisotopic (exact) mass is 192 g/mol. The Morgan fingerprint density at radius 1 is 1.50 bits per heavy atom. The predicted molar refractivity (Wildman–Crippen MR) is 55.1 cm³/mol. The number of nitrogens with zero attached hydrogens (tertiary/aromatic N) is 1. The van der Waals surface area contributed by atoms with Gasteiger partial charge in [-0.3, -0.25) is 0 Å². The lowest BCUT2D eigenvalue weighted by Gasteiger charge is -2.31. The van der Waals surface area contributed by atoms with Crippen molar-refractivity contribution in [1.29, 1.82) is 0 Å². The Morgan fingerprint density at radius 2 is 2.29 bits per heavy atom. The van der Waals surface area contributed by atoms with Crippen LogP contribution >= 0.6 is 0 Å². The van der Waals surface area contributed by atoms with Gasteiger partial charge in [-0.15, -0.1) is 0 Å². The molecule has 0 unspecified atom stereocenters. The second kappa shape index (κ2) is 3.96. The molecule has 14 heavy (non-hydrogen) atoms. The van der Waals surface area contributed by atoms with Gasteiger partial charge in [0.2, 0.25) is 5.88 Å². The number of methoxy groups -OCH3 is 1. The van der Waals surface area contributed by atoms with Crippen LogP contribution in [0, 0.1) is 5.92 Å². The Kier molecular flexibility index (Phi) is 2.68. The van der Waals surface area contributed by atoms with Crippen LogP contribution < -0.4 is 10.5 Å². The number of ether oxygens (including phenoxy) is 1. The third-order valence-corrected chi connectivity index (χ3v) is 3.01. The summed E-state index contributed by atoms with van der Waals surface area (Å²) in [5, 5.41) is 0. The van der Waals surface area contributed by atoms with Crippen LogP contribution in [0.25, 0.3) is 0 Å². The van der Waals surface area contributed by atoms with Crippen molar-refractivity contribution in [3.63, 3.8) is 0 Å². The van der Waals surface area contributed by atoms with E-state index in [4.69, 9.17) is 10.5 Å². The molecule has 3 nitrogen and oxygen atoms in total. The zero-order valence-electron chi connectivity index (χ0n) is 8.44. The number of aromatic nitrogens is 1. The zero-order valence-corrected chi connectivity index (χ0v) is 8.44. The van der Waals surface area contributed by atoms with E-state index in [1.807, 2.05) is 18.3 Å². The molecule has 1 heterocycles. The Morgan fingerprint density at radius 3 is 2.71 bits per heavy atom. The van der Waals surface area contributed by atoms with Gasteiger partial charge in [-0.2, -0.15) is 0 Å². The molecule has 0 aromatic carbocycles. The summed E-state index contributed by atoms with van der Waals surface area (Å²) in [4.78, 5) is 4.16. The van der Waals surface area contributed by atoms with Crippen LogP contribution in [0.4, 0.5) is 0 Å². The maximum absolute atomic E-state index is 6.11. The molecular formula is C11H16N2O. The first-order valence-corrected chi connectivity index (χ1v) is 5.07. The molecule has 1 fully saturated rings. The average molecular weight is 192 g/mol. The number of pyridine rings is 1. The van der Waals surface area contributed by atoms with E-state index in [-0.39, 0.29) is 6.04 Å². The molecule has 0 aliphatic heterocycles. The minimum atomic E-state index is 0.155. The van der Waals surface area contributed by atoms with Gasteiger partial charge in [-0.1, -0.05) is 12.5 Å². The summed E-state index contributed by atoms with van der Waals surface area (Å²) >= 11 is 0. The van der Waals surface area contributed by atoms with Gasteiger partial charge in [0.05, 0.1) is 7.11 Å². The van der Waals surface area contributed by atoms with Crippen LogP contribution in [0.1, 0.15) is 30.9 Å².